The van der Waals surface area contributed by atoms with E-state index in [1.807, 2.05) is 30.3 Å². The predicted octanol–water partition coefficient (Wildman–Crippen LogP) is 2.40. The van der Waals surface area contributed by atoms with E-state index in [9.17, 15) is 4.79 Å². The number of carbonyl (C=O) groups is 1. The highest BCUT2D eigenvalue weighted by atomic mass is 16.5. The molecule has 1 unspecified atom stereocenters. The van der Waals surface area contributed by atoms with Crippen molar-refractivity contribution in [3.05, 3.63) is 35.9 Å². The van der Waals surface area contributed by atoms with Gasteiger partial charge in [-0.3, -0.25) is 9.69 Å². The number of nitrogens with one attached hydrogen (secondary N) is 2. The Morgan fingerprint density at radius 1 is 1.22 bits per heavy atom. The van der Waals surface area contributed by atoms with Gasteiger partial charge < -0.3 is 15.4 Å². The fraction of sp³-hybridized carbons (Fsp3) is 0.524. The maximum Gasteiger partial charge on any atom is 0.252 e. The Kier molecular flexibility index (Phi) is 4.45. The van der Waals surface area contributed by atoms with Crippen molar-refractivity contribution >= 4 is 22.6 Å². The summed E-state index contributed by atoms with van der Waals surface area (Å²) in [4.78, 5) is 19.9. The summed E-state index contributed by atoms with van der Waals surface area (Å²) in [6, 6.07) is 10.8. The summed E-state index contributed by atoms with van der Waals surface area (Å²) in [5.41, 5.74) is 1.53. The van der Waals surface area contributed by atoms with Crippen molar-refractivity contribution in [1.82, 2.24) is 15.2 Å². The van der Waals surface area contributed by atoms with E-state index < -0.39 is 0 Å². The lowest BCUT2D eigenvalue weighted by Gasteiger charge is -2.33. The van der Waals surface area contributed by atoms with Crippen LogP contribution in [0.4, 0.5) is 5.82 Å². The first-order chi connectivity index (χ1) is 13.3. The molecule has 142 valence electrons. The number of benzene rings is 1. The van der Waals surface area contributed by atoms with Crippen molar-refractivity contribution in [2.45, 2.75) is 43.9 Å². The molecule has 2 heterocycles. The molecule has 6 heteroatoms. The summed E-state index contributed by atoms with van der Waals surface area (Å²) in [5.74, 6) is 0.731. The number of anilines is 1. The van der Waals surface area contributed by atoms with Crippen LogP contribution < -0.4 is 10.6 Å². The molecule has 6 nitrogen and oxygen atoms in total. The van der Waals surface area contributed by atoms with Crippen LogP contribution >= 0.6 is 0 Å². The minimum absolute atomic E-state index is 0.00650. The Balaban J connectivity index is 1.32. The van der Waals surface area contributed by atoms with Gasteiger partial charge in [0.15, 0.2) is 0 Å². The Morgan fingerprint density at radius 3 is 2.89 bits per heavy atom. The first kappa shape index (κ1) is 17.0. The van der Waals surface area contributed by atoms with Crippen molar-refractivity contribution < 1.29 is 9.53 Å². The average Bonchev–Trinajstić information content (AvgIpc) is 3.60. The molecule has 0 radical (unpaired) electrons. The summed E-state index contributed by atoms with van der Waals surface area (Å²) in [6.07, 6.45) is 4.97. The van der Waals surface area contributed by atoms with Gasteiger partial charge in [-0.1, -0.05) is 18.2 Å². The van der Waals surface area contributed by atoms with Gasteiger partial charge in [0, 0.05) is 37.1 Å². The second kappa shape index (κ2) is 7.09. The number of amides is 1. The molecule has 0 spiro atoms. The number of hydrogen-bond acceptors (Lipinski definition) is 5. The molecule has 1 aliphatic heterocycles. The quantitative estimate of drug-likeness (QED) is 0.822. The van der Waals surface area contributed by atoms with Gasteiger partial charge in [0.1, 0.15) is 5.82 Å². The van der Waals surface area contributed by atoms with Crippen molar-refractivity contribution in [3.8, 4) is 0 Å². The monoisotopic (exact) mass is 366 g/mol. The Morgan fingerprint density at radius 2 is 2.07 bits per heavy atom. The van der Waals surface area contributed by atoms with Crippen molar-refractivity contribution in [2.24, 2.45) is 0 Å². The first-order valence-corrected chi connectivity index (χ1v) is 10.1. The van der Waals surface area contributed by atoms with E-state index >= 15 is 0 Å². The highest BCUT2D eigenvalue weighted by molar-refractivity contribution is 6.07. The van der Waals surface area contributed by atoms with Crippen LogP contribution in [0.3, 0.4) is 0 Å². The maximum absolute atomic E-state index is 12.7. The largest absolute Gasteiger partial charge is 0.374 e. The van der Waals surface area contributed by atoms with E-state index in [2.05, 4.69) is 15.5 Å². The predicted molar refractivity (Wildman–Crippen MR) is 105 cm³/mol. The number of nitrogens with zero attached hydrogens (tertiary/aromatic N) is 2. The topological polar surface area (TPSA) is 66.5 Å². The number of morpholine rings is 1. The molecule has 3 aliphatic rings. The summed E-state index contributed by atoms with van der Waals surface area (Å²) in [6.45, 7) is 3.52. The van der Waals surface area contributed by atoms with Crippen LogP contribution in [0.25, 0.3) is 10.9 Å². The molecule has 1 saturated heterocycles. The van der Waals surface area contributed by atoms with E-state index in [0.29, 0.717) is 18.2 Å². The molecule has 2 aromatic rings. The van der Waals surface area contributed by atoms with E-state index in [1.54, 1.807) is 0 Å². The number of ether oxygens (including phenoxy) is 1. The van der Waals surface area contributed by atoms with Crippen LogP contribution in [0, 0.1) is 0 Å². The third-order valence-electron chi connectivity index (χ3n) is 5.62. The van der Waals surface area contributed by atoms with Crippen LogP contribution in [-0.2, 0) is 4.74 Å². The van der Waals surface area contributed by atoms with Gasteiger partial charge in [0.25, 0.3) is 5.91 Å². The number of pyridine rings is 1. The average molecular weight is 366 g/mol. The van der Waals surface area contributed by atoms with Crippen molar-refractivity contribution in [3.63, 3.8) is 0 Å². The smallest absolute Gasteiger partial charge is 0.252 e. The second-order valence-corrected chi connectivity index (χ2v) is 7.92. The van der Waals surface area contributed by atoms with Crippen LogP contribution in [-0.4, -0.2) is 60.2 Å². The number of hydrogen-bond donors (Lipinski definition) is 2. The third-order valence-corrected chi connectivity index (χ3v) is 5.62. The lowest BCUT2D eigenvalue weighted by atomic mass is 10.1. The fourth-order valence-corrected chi connectivity index (χ4v) is 3.80. The molecule has 1 aromatic heterocycles. The van der Waals surface area contributed by atoms with Gasteiger partial charge >= 0.3 is 0 Å². The van der Waals surface area contributed by atoms with E-state index in [4.69, 9.17) is 9.72 Å². The van der Waals surface area contributed by atoms with Gasteiger partial charge in [-0.2, -0.15) is 0 Å². The van der Waals surface area contributed by atoms with E-state index in [1.165, 1.54) is 12.8 Å². The highest BCUT2D eigenvalue weighted by Crippen LogP contribution is 2.28. The normalized spacial score (nSPS) is 23.3. The molecule has 3 fully saturated rings. The van der Waals surface area contributed by atoms with Crippen LogP contribution in [0.1, 0.15) is 36.0 Å². The number of rotatable bonds is 6. The van der Waals surface area contributed by atoms with Crippen LogP contribution in [0.2, 0.25) is 0 Å². The maximum atomic E-state index is 12.7. The van der Waals surface area contributed by atoms with Gasteiger partial charge in [0.05, 0.1) is 23.8 Å². The SMILES string of the molecule is O=C(NC1CC1)c1cc(NCC2CN(C3CC3)CCO2)nc2ccccc12. The third kappa shape index (κ3) is 3.92. The second-order valence-electron chi connectivity index (χ2n) is 7.92. The minimum Gasteiger partial charge on any atom is -0.374 e. The molecule has 0 bridgehead atoms. The summed E-state index contributed by atoms with van der Waals surface area (Å²) in [7, 11) is 0. The molecule has 1 aromatic carbocycles. The summed E-state index contributed by atoms with van der Waals surface area (Å²) >= 11 is 0. The summed E-state index contributed by atoms with van der Waals surface area (Å²) in [5, 5.41) is 7.40. The Hall–Kier alpha value is -2.18. The lowest BCUT2D eigenvalue weighted by Crippen LogP contribution is -2.46. The molecule has 27 heavy (non-hydrogen) atoms. The molecular weight excluding hydrogens is 340 g/mol. The van der Waals surface area contributed by atoms with Crippen LogP contribution in [0.15, 0.2) is 30.3 Å². The zero-order valence-corrected chi connectivity index (χ0v) is 15.5. The zero-order valence-electron chi connectivity index (χ0n) is 15.5. The molecular formula is C21H26N4O2. The molecule has 5 rings (SSSR count). The Labute approximate surface area is 159 Å². The summed E-state index contributed by atoms with van der Waals surface area (Å²) < 4.78 is 5.92. The van der Waals surface area contributed by atoms with E-state index in [-0.39, 0.29) is 12.0 Å². The Bertz CT molecular complexity index is 847. The van der Waals surface area contributed by atoms with Gasteiger partial charge in [-0.15, -0.1) is 0 Å². The minimum atomic E-state index is -0.00650. The highest BCUT2D eigenvalue weighted by Gasteiger charge is 2.33. The number of aromatic nitrogens is 1. The van der Waals surface area contributed by atoms with Crippen molar-refractivity contribution in [1.29, 1.82) is 0 Å². The standard InChI is InChI=1S/C21H26N4O2/c26-21(23-14-5-6-14)18-11-20(24-19-4-2-1-3-17(18)19)22-12-16-13-25(9-10-27-16)15-7-8-15/h1-4,11,14-16H,5-10,12-13H2,(H,22,24)(H,23,26). The number of fused-ring (bicyclic) bond motifs is 1. The molecule has 2 aliphatic carbocycles. The molecule has 1 atom stereocenters. The van der Waals surface area contributed by atoms with Gasteiger partial charge in [0.2, 0.25) is 0 Å². The van der Waals surface area contributed by atoms with Gasteiger partial charge in [-0.25, -0.2) is 4.98 Å². The number of carbonyl (C=O) groups excluding carboxylic acids is 1. The molecule has 1 amide bonds. The van der Waals surface area contributed by atoms with Gasteiger partial charge in [-0.05, 0) is 37.8 Å². The molecule has 2 saturated carbocycles. The zero-order chi connectivity index (χ0) is 18.2. The lowest BCUT2D eigenvalue weighted by molar-refractivity contribution is -0.0241. The first-order valence-electron chi connectivity index (χ1n) is 10.1. The molecule has 2 N–H and O–H groups in total. The van der Waals surface area contributed by atoms with Crippen molar-refractivity contribution in [2.75, 3.05) is 31.6 Å². The van der Waals surface area contributed by atoms with Crippen LogP contribution in [0.5, 0.6) is 0 Å². The van der Waals surface area contributed by atoms with E-state index in [0.717, 1.165) is 55.3 Å². The number of para-hydroxylation sites is 1. The fourth-order valence-electron chi connectivity index (χ4n) is 3.80.